The average Bonchev–Trinajstić information content (AvgIpc) is 2.89. The van der Waals surface area contributed by atoms with Crippen molar-refractivity contribution >= 4 is 11.6 Å². The molecule has 3 nitrogen and oxygen atoms in total. The summed E-state index contributed by atoms with van der Waals surface area (Å²) in [7, 11) is 0. The van der Waals surface area contributed by atoms with Crippen molar-refractivity contribution in [3.63, 3.8) is 0 Å². The molecule has 0 amide bonds. The molecule has 0 saturated carbocycles. The number of aromatic nitrogens is 3. The van der Waals surface area contributed by atoms with Crippen LogP contribution in [-0.4, -0.2) is 14.5 Å². The number of rotatable bonds is 4. The standard InChI is InChI=1S/C16H16ClN3/c1-2-3-9-20-10-8-14-15(11-20)19-16(18-14)12-4-6-13(17)7-5-12/h4-8,10-11H,2-3,9H2,1H3. The molecule has 0 spiro atoms. The molecule has 2 heterocycles. The van der Waals surface area contributed by atoms with Gasteiger partial charge >= 0.3 is 0 Å². The van der Waals surface area contributed by atoms with Crippen molar-refractivity contribution in [3.8, 4) is 22.8 Å². The van der Waals surface area contributed by atoms with Gasteiger partial charge in [-0.15, -0.1) is 0 Å². The van der Waals surface area contributed by atoms with Gasteiger partial charge in [-0.1, -0.05) is 24.9 Å². The zero-order chi connectivity index (χ0) is 13.9. The number of benzene rings is 1. The first kappa shape index (κ1) is 13.1. The van der Waals surface area contributed by atoms with Crippen LogP contribution in [0.3, 0.4) is 0 Å². The molecular weight excluding hydrogens is 270 g/mol. The minimum atomic E-state index is 0.724. The van der Waals surface area contributed by atoms with E-state index in [1.165, 1.54) is 12.8 Å². The SMILES string of the molecule is CCCCn1ccc2nc(-c3ccc(Cl)cc3)nc-2c1. The molecule has 20 heavy (non-hydrogen) atoms. The number of nitrogens with zero attached hydrogens (tertiary/aromatic N) is 3. The molecule has 2 aliphatic rings. The second-order valence-corrected chi connectivity index (χ2v) is 5.30. The van der Waals surface area contributed by atoms with E-state index in [0.29, 0.717) is 0 Å². The van der Waals surface area contributed by atoms with Crippen molar-refractivity contribution in [2.75, 3.05) is 0 Å². The van der Waals surface area contributed by atoms with Crippen LogP contribution in [0, 0.1) is 0 Å². The predicted octanol–water partition coefficient (Wildman–Crippen LogP) is 4.50. The number of unbranched alkanes of at least 4 members (excludes halogenated alkanes) is 1. The fourth-order valence-corrected chi connectivity index (χ4v) is 2.29. The van der Waals surface area contributed by atoms with E-state index in [0.717, 1.165) is 34.3 Å². The fraction of sp³-hybridized carbons (Fsp3) is 0.250. The quantitative estimate of drug-likeness (QED) is 0.706. The van der Waals surface area contributed by atoms with Crippen molar-refractivity contribution in [1.82, 2.24) is 14.5 Å². The second-order valence-electron chi connectivity index (χ2n) is 4.86. The summed E-state index contributed by atoms with van der Waals surface area (Å²) in [5, 5.41) is 0.724. The van der Waals surface area contributed by atoms with E-state index >= 15 is 0 Å². The normalized spacial score (nSPS) is 11.1. The third kappa shape index (κ3) is 2.68. The zero-order valence-electron chi connectivity index (χ0n) is 11.4. The Labute approximate surface area is 123 Å². The Balaban J connectivity index is 1.94. The van der Waals surface area contributed by atoms with Gasteiger partial charge in [0, 0.05) is 29.5 Å². The maximum absolute atomic E-state index is 5.90. The lowest BCUT2D eigenvalue weighted by Crippen LogP contribution is -1.98. The lowest BCUT2D eigenvalue weighted by molar-refractivity contribution is 0.628. The molecule has 0 aromatic heterocycles. The van der Waals surface area contributed by atoms with Crippen LogP contribution in [0.4, 0.5) is 0 Å². The topological polar surface area (TPSA) is 30.7 Å². The van der Waals surface area contributed by atoms with Crippen molar-refractivity contribution < 1.29 is 0 Å². The van der Waals surface area contributed by atoms with Crippen LogP contribution in [0.15, 0.2) is 42.7 Å². The van der Waals surface area contributed by atoms with Gasteiger partial charge in [0.15, 0.2) is 5.82 Å². The van der Waals surface area contributed by atoms with E-state index in [2.05, 4.69) is 33.9 Å². The molecule has 0 unspecified atom stereocenters. The molecule has 4 heteroatoms. The minimum absolute atomic E-state index is 0.724. The molecule has 3 rings (SSSR count). The van der Waals surface area contributed by atoms with Crippen molar-refractivity contribution in [1.29, 1.82) is 0 Å². The van der Waals surface area contributed by atoms with Gasteiger partial charge in [0.25, 0.3) is 0 Å². The van der Waals surface area contributed by atoms with Gasteiger partial charge in [-0.3, -0.25) is 0 Å². The Morgan fingerprint density at radius 3 is 2.55 bits per heavy atom. The summed E-state index contributed by atoms with van der Waals surface area (Å²) in [5.74, 6) is 0.755. The Morgan fingerprint density at radius 1 is 1.05 bits per heavy atom. The van der Waals surface area contributed by atoms with Gasteiger partial charge < -0.3 is 4.57 Å². The summed E-state index contributed by atoms with van der Waals surface area (Å²) in [4.78, 5) is 9.17. The predicted molar refractivity (Wildman–Crippen MR) is 82.0 cm³/mol. The number of hydrogen-bond acceptors (Lipinski definition) is 2. The van der Waals surface area contributed by atoms with Gasteiger partial charge in [-0.2, -0.15) is 0 Å². The van der Waals surface area contributed by atoms with Gasteiger partial charge in [0.05, 0.1) is 5.69 Å². The molecule has 1 aromatic carbocycles. The van der Waals surface area contributed by atoms with Gasteiger partial charge in [-0.05, 0) is 36.8 Å². The average molecular weight is 286 g/mol. The van der Waals surface area contributed by atoms with E-state index in [9.17, 15) is 0 Å². The summed E-state index contributed by atoms with van der Waals surface area (Å²) in [6, 6.07) is 9.64. The molecule has 2 aliphatic heterocycles. The van der Waals surface area contributed by atoms with Crippen LogP contribution < -0.4 is 0 Å². The highest BCUT2D eigenvalue weighted by atomic mass is 35.5. The third-order valence-electron chi connectivity index (χ3n) is 3.30. The van der Waals surface area contributed by atoms with Gasteiger partial charge in [0.1, 0.15) is 5.69 Å². The fourth-order valence-electron chi connectivity index (χ4n) is 2.16. The Hall–Kier alpha value is -1.87. The maximum atomic E-state index is 5.90. The Kier molecular flexibility index (Phi) is 3.70. The monoisotopic (exact) mass is 285 g/mol. The molecule has 0 bridgehead atoms. The first-order valence-corrected chi connectivity index (χ1v) is 7.23. The van der Waals surface area contributed by atoms with E-state index in [1.54, 1.807) is 0 Å². The number of imidazole rings is 1. The molecule has 1 aromatic rings. The van der Waals surface area contributed by atoms with E-state index in [1.807, 2.05) is 30.3 Å². The van der Waals surface area contributed by atoms with E-state index < -0.39 is 0 Å². The van der Waals surface area contributed by atoms with Crippen LogP contribution in [0.5, 0.6) is 0 Å². The van der Waals surface area contributed by atoms with E-state index in [4.69, 9.17) is 11.6 Å². The third-order valence-corrected chi connectivity index (χ3v) is 3.55. The molecule has 0 atom stereocenters. The highest BCUT2D eigenvalue weighted by Crippen LogP contribution is 2.25. The first-order valence-electron chi connectivity index (χ1n) is 6.86. The lowest BCUT2D eigenvalue weighted by Gasteiger charge is -2.06. The van der Waals surface area contributed by atoms with Crippen molar-refractivity contribution in [3.05, 3.63) is 47.7 Å². The highest BCUT2D eigenvalue weighted by Gasteiger charge is 2.12. The van der Waals surface area contributed by atoms with Crippen molar-refractivity contribution in [2.24, 2.45) is 0 Å². The van der Waals surface area contributed by atoms with Crippen molar-refractivity contribution in [2.45, 2.75) is 26.3 Å². The Morgan fingerprint density at radius 2 is 1.80 bits per heavy atom. The summed E-state index contributed by atoms with van der Waals surface area (Å²) >= 11 is 5.90. The molecule has 0 aliphatic carbocycles. The van der Waals surface area contributed by atoms with Crippen LogP contribution >= 0.6 is 11.6 Å². The highest BCUT2D eigenvalue weighted by molar-refractivity contribution is 6.30. The maximum Gasteiger partial charge on any atom is 0.160 e. The molecule has 102 valence electrons. The smallest absolute Gasteiger partial charge is 0.160 e. The summed E-state index contributed by atoms with van der Waals surface area (Å²) < 4.78 is 2.17. The number of pyridine rings is 1. The van der Waals surface area contributed by atoms with Crippen LogP contribution in [0.25, 0.3) is 22.8 Å². The number of fused-ring (bicyclic) bond motifs is 1. The molecule has 0 N–H and O–H groups in total. The lowest BCUT2D eigenvalue weighted by atomic mass is 10.2. The summed E-state index contributed by atoms with van der Waals surface area (Å²) in [6.45, 7) is 3.22. The number of aryl methyl sites for hydroxylation is 1. The molecular formula is C16H16ClN3. The van der Waals surface area contributed by atoms with Gasteiger partial charge in [0.2, 0.25) is 0 Å². The largest absolute Gasteiger partial charge is 0.352 e. The molecule has 0 saturated heterocycles. The van der Waals surface area contributed by atoms with E-state index in [-0.39, 0.29) is 0 Å². The van der Waals surface area contributed by atoms with Gasteiger partial charge in [-0.25, -0.2) is 9.97 Å². The summed E-state index contributed by atoms with van der Waals surface area (Å²) in [6.07, 6.45) is 6.50. The molecule has 0 radical (unpaired) electrons. The summed E-state index contributed by atoms with van der Waals surface area (Å²) in [5.41, 5.74) is 2.86. The molecule has 0 fully saturated rings. The first-order chi connectivity index (χ1) is 9.76. The zero-order valence-corrected chi connectivity index (χ0v) is 12.1. The van der Waals surface area contributed by atoms with Crippen LogP contribution in [0.1, 0.15) is 19.8 Å². The number of halogens is 1. The number of hydrogen-bond donors (Lipinski definition) is 0. The second kappa shape index (κ2) is 5.63. The van der Waals surface area contributed by atoms with Crippen LogP contribution in [-0.2, 0) is 6.54 Å². The van der Waals surface area contributed by atoms with Crippen LogP contribution in [0.2, 0.25) is 5.02 Å². The minimum Gasteiger partial charge on any atom is -0.352 e. The Bertz CT molecular complexity index is 673.